The Bertz CT molecular complexity index is 333. The number of halogens is 2. The summed E-state index contributed by atoms with van der Waals surface area (Å²) in [4.78, 5) is 3.65. The van der Waals surface area contributed by atoms with Crippen molar-refractivity contribution < 1.29 is 8.78 Å². The lowest BCUT2D eigenvalue weighted by Gasteiger charge is -1.96. The maximum atomic E-state index is 12.7. The first kappa shape index (κ1) is 6.27. The van der Waals surface area contributed by atoms with Crippen LogP contribution in [-0.4, -0.2) is 6.34 Å². The fourth-order valence-electron chi connectivity index (χ4n) is 0.927. The highest BCUT2D eigenvalue weighted by Gasteiger charge is 2.14. The van der Waals surface area contributed by atoms with E-state index >= 15 is 0 Å². The lowest BCUT2D eigenvalue weighted by molar-refractivity contribution is 0.584. The van der Waals surface area contributed by atoms with Crippen molar-refractivity contribution >= 4 is 17.7 Å². The first-order valence-electron chi connectivity index (χ1n) is 3.00. The SMILES string of the molecule is Fc1cc(F)c2c(c1)N=C[N]2. The second-order valence-corrected chi connectivity index (χ2v) is 2.13. The lowest BCUT2D eigenvalue weighted by Crippen LogP contribution is -1.90. The predicted octanol–water partition coefficient (Wildman–Crippen LogP) is 1.87. The molecule has 0 aromatic heterocycles. The van der Waals surface area contributed by atoms with Gasteiger partial charge >= 0.3 is 0 Å². The van der Waals surface area contributed by atoms with Crippen LogP contribution < -0.4 is 5.32 Å². The molecule has 0 atom stereocenters. The maximum Gasteiger partial charge on any atom is 0.154 e. The van der Waals surface area contributed by atoms with Gasteiger partial charge in [0, 0.05) is 12.1 Å². The summed E-state index contributed by atoms with van der Waals surface area (Å²) < 4.78 is 25.2. The Morgan fingerprint density at radius 2 is 2.00 bits per heavy atom. The van der Waals surface area contributed by atoms with Crippen LogP contribution in [-0.2, 0) is 0 Å². The zero-order valence-electron chi connectivity index (χ0n) is 5.38. The molecule has 1 radical (unpaired) electrons. The van der Waals surface area contributed by atoms with Gasteiger partial charge in [0.05, 0.1) is 5.69 Å². The third kappa shape index (κ3) is 0.869. The van der Waals surface area contributed by atoms with E-state index in [1.165, 1.54) is 6.34 Å². The van der Waals surface area contributed by atoms with E-state index in [0.717, 1.165) is 12.1 Å². The van der Waals surface area contributed by atoms with Gasteiger partial charge < -0.3 is 0 Å². The fraction of sp³-hybridized carbons (Fsp3) is 0. The molecule has 0 spiro atoms. The Balaban J connectivity index is 2.66. The summed E-state index contributed by atoms with van der Waals surface area (Å²) in [6.45, 7) is 0. The van der Waals surface area contributed by atoms with Crippen LogP contribution in [0.1, 0.15) is 0 Å². The molecule has 0 bridgehead atoms. The number of hydrogen-bond donors (Lipinski definition) is 0. The standard InChI is InChI=1S/C7H3F2N2/c8-4-1-5(9)7-6(2-4)10-3-11-7/h1-3H. The molecule has 0 fully saturated rings. The first-order chi connectivity index (χ1) is 5.27. The Kier molecular flexibility index (Phi) is 1.15. The Morgan fingerprint density at radius 3 is 2.82 bits per heavy atom. The van der Waals surface area contributed by atoms with Crippen LogP contribution in [0.3, 0.4) is 0 Å². The molecular formula is C7H3F2N2. The minimum atomic E-state index is -0.669. The molecule has 1 aliphatic heterocycles. The van der Waals surface area contributed by atoms with Crippen LogP contribution in [0.4, 0.5) is 20.2 Å². The molecule has 2 nitrogen and oxygen atoms in total. The second kappa shape index (κ2) is 2.02. The topological polar surface area (TPSA) is 26.5 Å². The van der Waals surface area contributed by atoms with Crippen molar-refractivity contribution in [2.75, 3.05) is 0 Å². The summed E-state index contributed by atoms with van der Waals surface area (Å²) in [5.74, 6) is -1.30. The van der Waals surface area contributed by atoms with Gasteiger partial charge in [-0.1, -0.05) is 0 Å². The number of benzene rings is 1. The molecule has 55 valence electrons. The van der Waals surface area contributed by atoms with Crippen LogP contribution >= 0.6 is 0 Å². The van der Waals surface area contributed by atoms with E-state index in [0.29, 0.717) is 0 Å². The Labute approximate surface area is 61.6 Å². The van der Waals surface area contributed by atoms with Gasteiger partial charge in [0.25, 0.3) is 0 Å². The zero-order chi connectivity index (χ0) is 7.84. The molecule has 0 saturated heterocycles. The Morgan fingerprint density at radius 1 is 1.18 bits per heavy atom. The highest BCUT2D eigenvalue weighted by molar-refractivity contribution is 5.81. The molecule has 11 heavy (non-hydrogen) atoms. The van der Waals surface area contributed by atoms with Gasteiger partial charge in [0.1, 0.15) is 17.8 Å². The average molecular weight is 153 g/mol. The smallest absolute Gasteiger partial charge is 0.154 e. The van der Waals surface area contributed by atoms with Crippen molar-refractivity contribution in [3.63, 3.8) is 0 Å². The molecule has 1 aromatic rings. The van der Waals surface area contributed by atoms with Gasteiger partial charge in [-0.2, -0.15) is 0 Å². The highest BCUT2D eigenvalue weighted by Crippen LogP contribution is 2.31. The second-order valence-electron chi connectivity index (χ2n) is 2.13. The molecule has 0 aliphatic carbocycles. The van der Waals surface area contributed by atoms with Crippen molar-refractivity contribution in [3.05, 3.63) is 23.8 Å². The van der Waals surface area contributed by atoms with E-state index in [1.54, 1.807) is 0 Å². The predicted molar refractivity (Wildman–Crippen MR) is 36.3 cm³/mol. The number of nitrogens with zero attached hydrogens (tertiary/aromatic N) is 2. The van der Waals surface area contributed by atoms with Crippen molar-refractivity contribution in [3.8, 4) is 0 Å². The largest absolute Gasteiger partial charge is 0.235 e. The van der Waals surface area contributed by atoms with Gasteiger partial charge in [0.2, 0.25) is 0 Å². The van der Waals surface area contributed by atoms with Crippen LogP contribution in [0.25, 0.3) is 0 Å². The molecule has 1 aliphatic rings. The van der Waals surface area contributed by atoms with Gasteiger partial charge in [-0.3, -0.25) is 0 Å². The molecule has 0 N–H and O–H groups in total. The van der Waals surface area contributed by atoms with Gasteiger partial charge in [0.15, 0.2) is 5.82 Å². The van der Waals surface area contributed by atoms with Crippen LogP contribution in [0, 0.1) is 11.6 Å². The van der Waals surface area contributed by atoms with Gasteiger partial charge in [-0.25, -0.2) is 19.1 Å². The van der Waals surface area contributed by atoms with Crippen molar-refractivity contribution in [1.29, 1.82) is 0 Å². The molecule has 1 heterocycles. The van der Waals surface area contributed by atoms with E-state index < -0.39 is 11.6 Å². The highest BCUT2D eigenvalue weighted by atomic mass is 19.1. The molecule has 1 aromatic carbocycles. The Hall–Kier alpha value is -1.45. The maximum absolute atomic E-state index is 12.7. The summed E-state index contributed by atoms with van der Waals surface area (Å²) in [6.07, 6.45) is 1.20. The third-order valence-electron chi connectivity index (χ3n) is 1.39. The molecule has 0 amide bonds. The molecular weight excluding hydrogens is 150 g/mol. The van der Waals surface area contributed by atoms with Crippen molar-refractivity contribution in [1.82, 2.24) is 5.32 Å². The number of hydrogen-bond acceptors (Lipinski definition) is 1. The van der Waals surface area contributed by atoms with Gasteiger partial charge in [-0.15, -0.1) is 0 Å². The summed E-state index contributed by atoms with van der Waals surface area (Å²) >= 11 is 0. The normalized spacial score (nSPS) is 12.9. The van der Waals surface area contributed by atoms with E-state index in [2.05, 4.69) is 10.3 Å². The summed E-state index contributed by atoms with van der Waals surface area (Å²) in [5.41, 5.74) is 0.369. The van der Waals surface area contributed by atoms with E-state index in [9.17, 15) is 8.78 Å². The molecule has 0 saturated carbocycles. The van der Waals surface area contributed by atoms with Crippen LogP contribution in [0.15, 0.2) is 17.1 Å². The lowest BCUT2D eigenvalue weighted by atomic mass is 10.2. The summed E-state index contributed by atoms with van der Waals surface area (Å²) in [5, 5.41) is 3.61. The van der Waals surface area contributed by atoms with E-state index in [1.807, 2.05) is 0 Å². The number of rotatable bonds is 0. The van der Waals surface area contributed by atoms with Crippen molar-refractivity contribution in [2.45, 2.75) is 0 Å². The number of fused-ring (bicyclic) bond motifs is 1. The summed E-state index contributed by atoms with van der Waals surface area (Å²) in [6, 6.07) is 1.93. The molecule has 0 unspecified atom stereocenters. The third-order valence-corrected chi connectivity index (χ3v) is 1.39. The van der Waals surface area contributed by atoms with Crippen LogP contribution in [0.2, 0.25) is 0 Å². The minimum Gasteiger partial charge on any atom is -0.235 e. The molecule has 2 rings (SSSR count). The van der Waals surface area contributed by atoms with Gasteiger partial charge in [-0.05, 0) is 0 Å². The first-order valence-corrected chi connectivity index (χ1v) is 3.00. The monoisotopic (exact) mass is 153 g/mol. The van der Waals surface area contributed by atoms with E-state index in [4.69, 9.17) is 0 Å². The van der Waals surface area contributed by atoms with E-state index in [-0.39, 0.29) is 11.4 Å². The van der Waals surface area contributed by atoms with Crippen molar-refractivity contribution in [2.24, 2.45) is 4.99 Å². The fourth-order valence-corrected chi connectivity index (χ4v) is 0.927. The number of aliphatic imine (C=N–C) groups is 1. The quantitative estimate of drug-likeness (QED) is 0.544. The molecule has 4 heteroatoms. The summed E-state index contributed by atoms with van der Waals surface area (Å²) in [7, 11) is 0. The van der Waals surface area contributed by atoms with Crippen LogP contribution in [0.5, 0.6) is 0 Å². The minimum absolute atomic E-state index is 0.117. The zero-order valence-corrected chi connectivity index (χ0v) is 5.38. The average Bonchev–Trinajstić information content (AvgIpc) is 2.34.